The van der Waals surface area contributed by atoms with Crippen LogP contribution in [0, 0.1) is 6.92 Å². The van der Waals surface area contributed by atoms with Gasteiger partial charge in [0.1, 0.15) is 5.65 Å². The van der Waals surface area contributed by atoms with Crippen LogP contribution in [0.15, 0.2) is 47.4 Å². The van der Waals surface area contributed by atoms with Gasteiger partial charge in [0.15, 0.2) is 11.5 Å². The number of aromatic nitrogens is 2. The molecule has 0 bridgehead atoms. The SMILES string of the molecule is COc1ccc(-c2cc(=O)n3cc(C4=CCN(C)CC4)c(C)cc3n2)cc1OC. The van der Waals surface area contributed by atoms with Gasteiger partial charge in [-0.05, 0) is 61.4 Å². The molecule has 0 aliphatic carbocycles. The zero-order chi connectivity index (χ0) is 20.5. The van der Waals surface area contributed by atoms with Gasteiger partial charge in [0.05, 0.1) is 19.9 Å². The molecule has 0 saturated carbocycles. The van der Waals surface area contributed by atoms with Gasteiger partial charge >= 0.3 is 0 Å². The van der Waals surface area contributed by atoms with Crippen LogP contribution in [0.3, 0.4) is 0 Å². The highest BCUT2D eigenvalue weighted by Crippen LogP contribution is 2.31. The van der Waals surface area contributed by atoms with Crippen LogP contribution >= 0.6 is 0 Å². The van der Waals surface area contributed by atoms with Crippen LogP contribution in [0.2, 0.25) is 0 Å². The van der Waals surface area contributed by atoms with Crippen LogP contribution in [0.4, 0.5) is 0 Å². The predicted octanol–water partition coefficient (Wildman–Crippen LogP) is 3.41. The molecule has 0 saturated heterocycles. The lowest BCUT2D eigenvalue weighted by Crippen LogP contribution is -2.24. The summed E-state index contributed by atoms with van der Waals surface area (Å²) in [7, 11) is 5.30. The number of nitrogens with zero attached hydrogens (tertiary/aromatic N) is 3. The lowest BCUT2D eigenvalue weighted by atomic mass is 9.97. The normalized spacial score (nSPS) is 14.7. The highest BCUT2D eigenvalue weighted by atomic mass is 16.5. The molecule has 6 heteroatoms. The third-order valence-electron chi connectivity index (χ3n) is 5.45. The van der Waals surface area contributed by atoms with Gasteiger partial charge in [-0.2, -0.15) is 0 Å². The molecule has 0 N–H and O–H groups in total. The van der Waals surface area contributed by atoms with E-state index in [1.807, 2.05) is 30.5 Å². The number of methoxy groups -OCH3 is 2. The van der Waals surface area contributed by atoms with Crippen LogP contribution in [0.5, 0.6) is 11.5 Å². The molecule has 3 aromatic rings. The summed E-state index contributed by atoms with van der Waals surface area (Å²) in [6, 6.07) is 9.08. The number of likely N-dealkylation sites (N-methyl/N-ethyl adjacent to an activating group) is 1. The Balaban J connectivity index is 1.81. The maximum absolute atomic E-state index is 12.9. The first-order valence-corrected chi connectivity index (χ1v) is 9.64. The van der Waals surface area contributed by atoms with E-state index in [0.29, 0.717) is 22.8 Å². The fraction of sp³-hybridized carbons (Fsp3) is 0.304. The minimum Gasteiger partial charge on any atom is -0.493 e. The van der Waals surface area contributed by atoms with Crippen molar-refractivity contribution in [1.82, 2.24) is 14.3 Å². The van der Waals surface area contributed by atoms with E-state index in [1.54, 1.807) is 24.7 Å². The Morgan fingerprint density at radius 3 is 2.55 bits per heavy atom. The molecule has 1 aliphatic heterocycles. The topological polar surface area (TPSA) is 56.1 Å². The molecule has 0 amide bonds. The van der Waals surface area contributed by atoms with Crippen molar-refractivity contribution in [2.24, 2.45) is 0 Å². The Morgan fingerprint density at radius 2 is 1.86 bits per heavy atom. The first-order chi connectivity index (χ1) is 14.0. The Bertz CT molecular complexity index is 1160. The standard InChI is InChI=1S/C23H25N3O3/c1-15-11-22-24-19(17-5-6-20(28-3)21(12-17)29-4)13-23(27)26(22)14-18(15)16-7-9-25(2)10-8-16/h5-7,11-14H,8-10H2,1-4H3. The highest BCUT2D eigenvalue weighted by molar-refractivity contribution is 5.71. The van der Waals surface area contributed by atoms with E-state index >= 15 is 0 Å². The second-order valence-corrected chi connectivity index (χ2v) is 7.39. The quantitative estimate of drug-likeness (QED) is 0.682. The van der Waals surface area contributed by atoms with Crippen LogP contribution in [0.25, 0.3) is 22.5 Å². The molecule has 0 unspecified atom stereocenters. The van der Waals surface area contributed by atoms with E-state index in [2.05, 4.69) is 24.9 Å². The van der Waals surface area contributed by atoms with Crippen LogP contribution in [0.1, 0.15) is 17.5 Å². The van der Waals surface area contributed by atoms with Gasteiger partial charge < -0.3 is 14.4 Å². The van der Waals surface area contributed by atoms with Crippen molar-refractivity contribution >= 4 is 11.2 Å². The molecule has 3 heterocycles. The van der Waals surface area contributed by atoms with Gasteiger partial charge in [-0.1, -0.05) is 6.08 Å². The second kappa shape index (κ2) is 7.72. The van der Waals surface area contributed by atoms with Gasteiger partial charge in [-0.15, -0.1) is 0 Å². The van der Waals surface area contributed by atoms with Crippen LogP contribution in [-0.4, -0.2) is 48.6 Å². The Labute approximate surface area is 170 Å². The lowest BCUT2D eigenvalue weighted by Gasteiger charge is -2.23. The minimum atomic E-state index is -0.102. The first-order valence-electron chi connectivity index (χ1n) is 9.64. The number of ether oxygens (including phenoxy) is 2. The fourth-order valence-electron chi connectivity index (χ4n) is 3.74. The van der Waals surface area contributed by atoms with E-state index in [0.717, 1.165) is 36.2 Å². The van der Waals surface area contributed by atoms with Gasteiger partial charge in [0, 0.05) is 30.9 Å². The van der Waals surface area contributed by atoms with Crippen molar-refractivity contribution in [1.29, 1.82) is 0 Å². The molecule has 0 fully saturated rings. The Morgan fingerprint density at radius 1 is 1.07 bits per heavy atom. The summed E-state index contributed by atoms with van der Waals surface area (Å²) in [5, 5.41) is 0. The number of benzene rings is 1. The van der Waals surface area contributed by atoms with Gasteiger partial charge in [0.2, 0.25) is 0 Å². The molecule has 0 radical (unpaired) electrons. The molecular weight excluding hydrogens is 366 g/mol. The van der Waals surface area contributed by atoms with Crippen molar-refractivity contribution < 1.29 is 9.47 Å². The number of rotatable bonds is 4. The summed E-state index contributed by atoms with van der Waals surface area (Å²) in [4.78, 5) is 19.9. The summed E-state index contributed by atoms with van der Waals surface area (Å²) in [5.41, 5.74) is 5.49. The largest absolute Gasteiger partial charge is 0.493 e. The van der Waals surface area contributed by atoms with Crippen molar-refractivity contribution in [2.75, 3.05) is 34.4 Å². The van der Waals surface area contributed by atoms with Crippen molar-refractivity contribution in [3.63, 3.8) is 0 Å². The Hall–Kier alpha value is -3.12. The maximum atomic E-state index is 12.9. The summed E-state index contributed by atoms with van der Waals surface area (Å²) < 4.78 is 12.3. The molecule has 4 rings (SSSR count). The number of pyridine rings is 1. The highest BCUT2D eigenvalue weighted by Gasteiger charge is 2.15. The van der Waals surface area contributed by atoms with Gasteiger partial charge in [-0.25, -0.2) is 4.98 Å². The molecule has 29 heavy (non-hydrogen) atoms. The molecule has 1 aliphatic rings. The van der Waals surface area contributed by atoms with Gasteiger partial charge in [-0.3, -0.25) is 9.20 Å². The van der Waals surface area contributed by atoms with Crippen molar-refractivity contribution in [3.05, 3.63) is 64.1 Å². The van der Waals surface area contributed by atoms with E-state index in [4.69, 9.17) is 14.5 Å². The summed E-state index contributed by atoms with van der Waals surface area (Å²) in [5.74, 6) is 1.24. The Kier molecular flexibility index (Phi) is 5.11. The molecule has 1 aromatic carbocycles. The first kappa shape index (κ1) is 19.2. The smallest absolute Gasteiger partial charge is 0.258 e. The average molecular weight is 391 g/mol. The summed E-state index contributed by atoms with van der Waals surface area (Å²) in [6.45, 7) is 4.02. The second-order valence-electron chi connectivity index (χ2n) is 7.39. The number of hydrogen-bond donors (Lipinski definition) is 0. The lowest BCUT2D eigenvalue weighted by molar-refractivity contribution is 0.355. The zero-order valence-electron chi connectivity index (χ0n) is 17.2. The number of hydrogen-bond acceptors (Lipinski definition) is 5. The van der Waals surface area contributed by atoms with Crippen molar-refractivity contribution in [2.45, 2.75) is 13.3 Å². The molecule has 6 nitrogen and oxygen atoms in total. The monoisotopic (exact) mass is 391 g/mol. The zero-order valence-corrected chi connectivity index (χ0v) is 17.2. The molecule has 0 spiro atoms. The molecule has 2 aromatic heterocycles. The summed E-state index contributed by atoms with van der Waals surface area (Å²) in [6.07, 6.45) is 5.15. The van der Waals surface area contributed by atoms with E-state index in [9.17, 15) is 4.79 Å². The fourth-order valence-corrected chi connectivity index (χ4v) is 3.74. The van der Waals surface area contributed by atoms with E-state index < -0.39 is 0 Å². The third kappa shape index (κ3) is 3.63. The predicted molar refractivity (Wildman–Crippen MR) is 115 cm³/mol. The number of aryl methyl sites for hydroxylation is 1. The maximum Gasteiger partial charge on any atom is 0.258 e. The van der Waals surface area contributed by atoms with Crippen molar-refractivity contribution in [3.8, 4) is 22.8 Å². The summed E-state index contributed by atoms with van der Waals surface area (Å²) >= 11 is 0. The minimum absolute atomic E-state index is 0.102. The molecule has 150 valence electrons. The third-order valence-corrected chi connectivity index (χ3v) is 5.45. The van der Waals surface area contributed by atoms with E-state index in [1.165, 1.54) is 5.57 Å². The van der Waals surface area contributed by atoms with E-state index in [-0.39, 0.29) is 5.56 Å². The molecular formula is C23H25N3O3. The average Bonchev–Trinajstić information content (AvgIpc) is 2.73. The number of fused-ring (bicyclic) bond motifs is 1. The molecule has 0 atom stereocenters. The van der Waals surface area contributed by atoms with Crippen LogP contribution in [-0.2, 0) is 0 Å². The van der Waals surface area contributed by atoms with Crippen LogP contribution < -0.4 is 15.0 Å². The van der Waals surface area contributed by atoms with Gasteiger partial charge in [0.25, 0.3) is 5.56 Å².